The van der Waals surface area contributed by atoms with E-state index in [9.17, 15) is 4.39 Å². The Balaban J connectivity index is 1.81. The maximum absolute atomic E-state index is 13.6. The molecule has 0 heterocycles. The first-order chi connectivity index (χ1) is 9.09. The Morgan fingerprint density at radius 2 is 1.89 bits per heavy atom. The smallest absolute Gasteiger partial charge is 0.126 e. The maximum Gasteiger partial charge on any atom is 0.126 e. The monoisotopic (exact) mass is 263 g/mol. The molecule has 0 aliphatic heterocycles. The van der Waals surface area contributed by atoms with E-state index in [1.54, 1.807) is 12.1 Å². The van der Waals surface area contributed by atoms with E-state index in [2.05, 4.69) is 19.2 Å². The molecule has 1 aliphatic rings. The van der Waals surface area contributed by atoms with Crippen molar-refractivity contribution in [3.05, 3.63) is 35.6 Å². The Morgan fingerprint density at radius 3 is 2.58 bits per heavy atom. The third-order valence-corrected chi connectivity index (χ3v) is 4.42. The highest BCUT2D eigenvalue weighted by Gasteiger charge is 2.26. The summed E-state index contributed by atoms with van der Waals surface area (Å²) in [5.41, 5.74) is 1.26. The van der Waals surface area contributed by atoms with Crippen molar-refractivity contribution in [1.29, 1.82) is 0 Å². The molecule has 1 atom stereocenters. The predicted octanol–water partition coefficient (Wildman–Crippen LogP) is 4.32. The lowest BCUT2D eigenvalue weighted by atomic mass is 9.75. The molecule has 1 aromatic rings. The van der Waals surface area contributed by atoms with Gasteiger partial charge < -0.3 is 5.32 Å². The number of hydrogen-bond acceptors (Lipinski definition) is 1. The van der Waals surface area contributed by atoms with Crippen molar-refractivity contribution in [2.75, 3.05) is 6.54 Å². The summed E-state index contributed by atoms with van der Waals surface area (Å²) in [5.74, 6) is -0.0833. The second-order valence-corrected chi connectivity index (χ2v) is 6.45. The molecular formula is C17H26FN. The minimum absolute atomic E-state index is 0.0833. The SMILES string of the molecule is CC(Cc1ccccc1F)NCC1(C)CCCCC1. The van der Waals surface area contributed by atoms with Gasteiger partial charge in [0.1, 0.15) is 5.82 Å². The predicted molar refractivity (Wildman–Crippen MR) is 78.8 cm³/mol. The Bertz CT molecular complexity index is 396. The van der Waals surface area contributed by atoms with Gasteiger partial charge in [0.15, 0.2) is 0 Å². The van der Waals surface area contributed by atoms with Gasteiger partial charge in [-0.05, 0) is 43.2 Å². The van der Waals surface area contributed by atoms with Crippen LogP contribution in [-0.2, 0) is 6.42 Å². The summed E-state index contributed by atoms with van der Waals surface area (Å²) in [6.45, 7) is 5.59. The van der Waals surface area contributed by atoms with Crippen LogP contribution in [0.3, 0.4) is 0 Å². The van der Waals surface area contributed by atoms with Gasteiger partial charge in [-0.1, -0.05) is 44.4 Å². The Kier molecular flexibility index (Phi) is 4.98. The van der Waals surface area contributed by atoms with Gasteiger partial charge in [-0.2, -0.15) is 0 Å². The van der Waals surface area contributed by atoms with Crippen molar-refractivity contribution in [3.8, 4) is 0 Å². The zero-order valence-corrected chi connectivity index (χ0v) is 12.2. The molecule has 0 spiro atoms. The van der Waals surface area contributed by atoms with E-state index in [0.29, 0.717) is 11.5 Å². The van der Waals surface area contributed by atoms with Crippen LogP contribution in [0.2, 0.25) is 0 Å². The van der Waals surface area contributed by atoms with Crippen molar-refractivity contribution in [2.24, 2.45) is 5.41 Å². The van der Waals surface area contributed by atoms with Crippen LogP contribution in [0.1, 0.15) is 51.5 Å². The Morgan fingerprint density at radius 1 is 1.21 bits per heavy atom. The van der Waals surface area contributed by atoms with E-state index in [1.807, 2.05) is 12.1 Å². The zero-order chi connectivity index (χ0) is 13.7. The highest BCUT2D eigenvalue weighted by atomic mass is 19.1. The summed E-state index contributed by atoms with van der Waals surface area (Å²) in [6.07, 6.45) is 7.53. The molecule has 0 radical (unpaired) electrons. The third kappa shape index (κ3) is 4.31. The lowest BCUT2D eigenvalue weighted by Gasteiger charge is -2.35. The van der Waals surface area contributed by atoms with Crippen LogP contribution >= 0.6 is 0 Å². The highest BCUT2D eigenvalue weighted by molar-refractivity contribution is 5.18. The molecule has 2 heteroatoms. The lowest BCUT2D eigenvalue weighted by Crippen LogP contribution is -2.39. The van der Waals surface area contributed by atoms with Crippen LogP contribution < -0.4 is 5.32 Å². The number of halogens is 1. The standard InChI is InChI=1S/C17H26FN/c1-14(12-15-8-4-5-9-16(15)18)19-13-17(2)10-6-3-7-11-17/h4-5,8-9,14,19H,3,6-7,10-13H2,1-2H3. The third-order valence-electron chi connectivity index (χ3n) is 4.42. The lowest BCUT2D eigenvalue weighted by molar-refractivity contribution is 0.201. The van der Waals surface area contributed by atoms with E-state index < -0.39 is 0 Å². The van der Waals surface area contributed by atoms with Gasteiger partial charge in [-0.3, -0.25) is 0 Å². The topological polar surface area (TPSA) is 12.0 Å². The average Bonchev–Trinajstić information content (AvgIpc) is 2.40. The minimum atomic E-state index is -0.0833. The van der Waals surface area contributed by atoms with Crippen molar-refractivity contribution >= 4 is 0 Å². The molecule has 0 bridgehead atoms. The molecule has 106 valence electrons. The van der Waals surface area contributed by atoms with E-state index >= 15 is 0 Å². The number of hydrogen-bond donors (Lipinski definition) is 1. The fourth-order valence-electron chi connectivity index (χ4n) is 3.07. The normalized spacial score (nSPS) is 20.2. The summed E-state index contributed by atoms with van der Waals surface area (Å²) in [6, 6.07) is 7.42. The van der Waals surface area contributed by atoms with Crippen LogP contribution in [0.15, 0.2) is 24.3 Å². The molecular weight excluding hydrogens is 237 g/mol. The van der Waals surface area contributed by atoms with Gasteiger partial charge in [0.05, 0.1) is 0 Å². The first-order valence-electron chi connectivity index (χ1n) is 7.56. The maximum atomic E-state index is 13.6. The molecule has 1 nitrogen and oxygen atoms in total. The Labute approximate surface area is 116 Å². The van der Waals surface area contributed by atoms with Gasteiger partial charge in [0, 0.05) is 12.6 Å². The largest absolute Gasteiger partial charge is 0.313 e. The minimum Gasteiger partial charge on any atom is -0.313 e. The van der Waals surface area contributed by atoms with Crippen LogP contribution in [-0.4, -0.2) is 12.6 Å². The first kappa shape index (κ1) is 14.5. The number of rotatable bonds is 5. The fourth-order valence-corrected chi connectivity index (χ4v) is 3.07. The van der Waals surface area contributed by atoms with E-state index in [4.69, 9.17) is 0 Å². The summed E-state index contributed by atoms with van der Waals surface area (Å²) in [4.78, 5) is 0. The quantitative estimate of drug-likeness (QED) is 0.834. The molecule has 2 rings (SSSR count). The first-order valence-corrected chi connectivity index (χ1v) is 7.56. The van der Waals surface area contributed by atoms with Gasteiger partial charge in [0.2, 0.25) is 0 Å². The molecule has 1 saturated carbocycles. The summed E-state index contributed by atoms with van der Waals surface area (Å²) < 4.78 is 13.6. The Hall–Kier alpha value is -0.890. The summed E-state index contributed by atoms with van der Waals surface area (Å²) in [5, 5.41) is 3.60. The molecule has 1 aromatic carbocycles. The molecule has 0 amide bonds. The van der Waals surface area contributed by atoms with E-state index in [-0.39, 0.29) is 5.82 Å². The van der Waals surface area contributed by atoms with Gasteiger partial charge in [-0.15, -0.1) is 0 Å². The molecule has 0 saturated heterocycles. The van der Waals surface area contributed by atoms with Crippen LogP contribution in [0.4, 0.5) is 4.39 Å². The molecule has 1 aliphatic carbocycles. The molecule has 19 heavy (non-hydrogen) atoms. The fraction of sp³-hybridized carbons (Fsp3) is 0.647. The van der Waals surface area contributed by atoms with Crippen LogP contribution in [0, 0.1) is 11.2 Å². The van der Waals surface area contributed by atoms with Gasteiger partial charge in [-0.25, -0.2) is 4.39 Å². The van der Waals surface area contributed by atoms with Gasteiger partial charge in [0.25, 0.3) is 0 Å². The molecule has 1 unspecified atom stereocenters. The number of benzene rings is 1. The van der Waals surface area contributed by atoms with E-state index in [1.165, 1.54) is 32.1 Å². The van der Waals surface area contributed by atoms with Crippen molar-refractivity contribution in [3.63, 3.8) is 0 Å². The highest BCUT2D eigenvalue weighted by Crippen LogP contribution is 2.35. The van der Waals surface area contributed by atoms with Crippen LogP contribution in [0.5, 0.6) is 0 Å². The second-order valence-electron chi connectivity index (χ2n) is 6.45. The second kappa shape index (κ2) is 6.51. The van der Waals surface area contributed by atoms with Crippen molar-refractivity contribution in [2.45, 2.75) is 58.4 Å². The molecule has 0 aromatic heterocycles. The average molecular weight is 263 g/mol. The van der Waals surface area contributed by atoms with Crippen molar-refractivity contribution < 1.29 is 4.39 Å². The number of nitrogens with one attached hydrogen (secondary N) is 1. The summed E-state index contributed by atoms with van der Waals surface area (Å²) >= 11 is 0. The summed E-state index contributed by atoms with van der Waals surface area (Å²) in [7, 11) is 0. The van der Waals surface area contributed by atoms with E-state index in [0.717, 1.165) is 18.5 Å². The van der Waals surface area contributed by atoms with Crippen LogP contribution in [0.25, 0.3) is 0 Å². The van der Waals surface area contributed by atoms with Crippen molar-refractivity contribution in [1.82, 2.24) is 5.32 Å². The van der Waals surface area contributed by atoms with Gasteiger partial charge >= 0.3 is 0 Å². The molecule has 1 N–H and O–H groups in total. The zero-order valence-electron chi connectivity index (χ0n) is 12.2. The molecule has 1 fully saturated rings.